The molecule has 4 heteroatoms. The predicted octanol–water partition coefficient (Wildman–Crippen LogP) is 0.924. The molecule has 0 unspecified atom stereocenters. The molecule has 92 valence electrons. The summed E-state index contributed by atoms with van der Waals surface area (Å²) < 4.78 is 0. The van der Waals surface area contributed by atoms with Gasteiger partial charge in [-0.2, -0.15) is 0 Å². The van der Waals surface area contributed by atoms with E-state index in [4.69, 9.17) is 11.5 Å². The summed E-state index contributed by atoms with van der Waals surface area (Å²) in [5, 5.41) is 0. The van der Waals surface area contributed by atoms with E-state index in [2.05, 4.69) is 22.0 Å². The number of nitrogens with two attached hydrogens (primary N) is 2. The van der Waals surface area contributed by atoms with Crippen LogP contribution in [-0.4, -0.2) is 30.0 Å². The monoisotopic (exact) mass is 232 g/mol. The third kappa shape index (κ3) is 3.20. The predicted molar refractivity (Wildman–Crippen MR) is 70.6 cm³/mol. The third-order valence-corrected chi connectivity index (χ3v) is 3.03. The fraction of sp³-hybridized carbons (Fsp3) is 0.462. The molecule has 0 radical (unpaired) electrons. The first kappa shape index (κ1) is 11.9. The van der Waals surface area contributed by atoms with Crippen LogP contribution in [0.1, 0.15) is 18.4 Å². The standard InChI is InChI=1S/C13H20N4/c14-8-4-7-12-10-17(13(15)16-12)9-11-5-2-1-3-6-11/h1-3,5-6,12H,4,7-10,14H2,(H2,15,16)/t12-/m0/s1. The van der Waals surface area contributed by atoms with Crippen molar-refractivity contribution in [3.05, 3.63) is 35.9 Å². The van der Waals surface area contributed by atoms with Gasteiger partial charge in [0.15, 0.2) is 5.96 Å². The Bertz CT molecular complexity index is 374. The van der Waals surface area contributed by atoms with E-state index in [9.17, 15) is 0 Å². The second kappa shape index (κ2) is 5.68. The molecule has 1 aliphatic heterocycles. The van der Waals surface area contributed by atoms with Gasteiger partial charge in [0.05, 0.1) is 6.04 Å². The molecule has 1 aromatic carbocycles. The minimum absolute atomic E-state index is 0.322. The van der Waals surface area contributed by atoms with E-state index in [-0.39, 0.29) is 0 Å². The van der Waals surface area contributed by atoms with Gasteiger partial charge >= 0.3 is 0 Å². The van der Waals surface area contributed by atoms with Crippen molar-refractivity contribution in [2.45, 2.75) is 25.4 Å². The molecular weight excluding hydrogens is 212 g/mol. The molecule has 1 aliphatic rings. The molecule has 0 bridgehead atoms. The number of guanidine groups is 1. The van der Waals surface area contributed by atoms with Gasteiger partial charge in [-0.15, -0.1) is 0 Å². The molecule has 0 aromatic heterocycles. The highest BCUT2D eigenvalue weighted by Gasteiger charge is 2.22. The van der Waals surface area contributed by atoms with Gasteiger partial charge in [0.25, 0.3) is 0 Å². The van der Waals surface area contributed by atoms with E-state index in [1.165, 1.54) is 5.56 Å². The average Bonchev–Trinajstić information content (AvgIpc) is 2.69. The summed E-state index contributed by atoms with van der Waals surface area (Å²) in [6, 6.07) is 10.7. The summed E-state index contributed by atoms with van der Waals surface area (Å²) in [6.45, 7) is 2.49. The van der Waals surface area contributed by atoms with Crippen molar-refractivity contribution in [3.63, 3.8) is 0 Å². The van der Waals surface area contributed by atoms with E-state index >= 15 is 0 Å². The average molecular weight is 232 g/mol. The van der Waals surface area contributed by atoms with Crippen LogP contribution >= 0.6 is 0 Å². The van der Waals surface area contributed by atoms with Gasteiger partial charge < -0.3 is 16.4 Å². The highest BCUT2D eigenvalue weighted by Crippen LogP contribution is 2.14. The number of rotatable bonds is 5. The Balaban J connectivity index is 1.90. The molecule has 1 heterocycles. The van der Waals surface area contributed by atoms with Gasteiger partial charge in [0, 0.05) is 13.1 Å². The van der Waals surface area contributed by atoms with Crippen molar-refractivity contribution in [1.29, 1.82) is 0 Å². The number of hydrogen-bond donors (Lipinski definition) is 2. The van der Waals surface area contributed by atoms with Crippen LogP contribution in [0.25, 0.3) is 0 Å². The zero-order valence-corrected chi connectivity index (χ0v) is 10.0. The molecule has 4 N–H and O–H groups in total. The van der Waals surface area contributed by atoms with Crippen LogP contribution < -0.4 is 11.5 Å². The Kier molecular flexibility index (Phi) is 3.98. The van der Waals surface area contributed by atoms with Gasteiger partial charge in [-0.05, 0) is 24.9 Å². The SMILES string of the molecule is NCCC[C@H]1CN(Cc2ccccc2)C(N)=N1. The zero-order chi connectivity index (χ0) is 12.1. The van der Waals surface area contributed by atoms with E-state index in [1.54, 1.807) is 0 Å². The van der Waals surface area contributed by atoms with Crippen LogP contribution in [0.15, 0.2) is 35.3 Å². The topological polar surface area (TPSA) is 67.6 Å². The largest absolute Gasteiger partial charge is 0.370 e. The lowest BCUT2D eigenvalue weighted by molar-refractivity contribution is 0.403. The fourth-order valence-electron chi connectivity index (χ4n) is 2.12. The van der Waals surface area contributed by atoms with Gasteiger partial charge in [-0.1, -0.05) is 30.3 Å². The number of benzene rings is 1. The second-order valence-corrected chi connectivity index (χ2v) is 4.44. The minimum Gasteiger partial charge on any atom is -0.370 e. The Labute approximate surface area is 102 Å². The van der Waals surface area contributed by atoms with E-state index in [0.29, 0.717) is 12.0 Å². The molecule has 2 rings (SSSR count). The first-order valence-corrected chi connectivity index (χ1v) is 6.12. The van der Waals surface area contributed by atoms with Crippen LogP contribution in [0.4, 0.5) is 0 Å². The highest BCUT2D eigenvalue weighted by molar-refractivity contribution is 5.80. The maximum Gasteiger partial charge on any atom is 0.191 e. The Morgan fingerprint density at radius 1 is 1.29 bits per heavy atom. The first-order valence-electron chi connectivity index (χ1n) is 6.12. The van der Waals surface area contributed by atoms with Gasteiger partial charge in [0.2, 0.25) is 0 Å². The number of hydrogen-bond acceptors (Lipinski definition) is 4. The maximum atomic E-state index is 5.93. The summed E-state index contributed by atoms with van der Waals surface area (Å²) in [6.07, 6.45) is 2.04. The molecule has 4 nitrogen and oxygen atoms in total. The number of nitrogens with zero attached hydrogens (tertiary/aromatic N) is 2. The van der Waals surface area contributed by atoms with Crippen LogP contribution in [0.2, 0.25) is 0 Å². The van der Waals surface area contributed by atoms with Crippen molar-refractivity contribution in [3.8, 4) is 0 Å². The highest BCUT2D eigenvalue weighted by atomic mass is 15.3. The molecule has 0 saturated carbocycles. The summed E-state index contributed by atoms with van der Waals surface area (Å²) in [4.78, 5) is 6.60. The maximum absolute atomic E-state index is 5.93. The molecule has 0 aliphatic carbocycles. The number of aliphatic imine (C=N–C) groups is 1. The smallest absolute Gasteiger partial charge is 0.191 e. The molecule has 17 heavy (non-hydrogen) atoms. The Hall–Kier alpha value is -1.55. The molecule has 0 spiro atoms. The zero-order valence-electron chi connectivity index (χ0n) is 10.0. The lowest BCUT2D eigenvalue weighted by atomic mass is 10.1. The minimum atomic E-state index is 0.322. The van der Waals surface area contributed by atoms with Crippen LogP contribution in [0.3, 0.4) is 0 Å². The van der Waals surface area contributed by atoms with Crippen LogP contribution in [0.5, 0.6) is 0 Å². The van der Waals surface area contributed by atoms with Crippen molar-refractivity contribution in [1.82, 2.24) is 4.90 Å². The van der Waals surface area contributed by atoms with Gasteiger partial charge in [-0.25, -0.2) is 4.99 Å². The van der Waals surface area contributed by atoms with Crippen molar-refractivity contribution < 1.29 is 0 Å². The summed E-state index contributed by atoms with van der Waals surface area (Å²) in [5.41, 5.74) is 12.7. The molecule has 1 aromatic rings. The lowest BCUT2D eigenvalue weighted by Gasteiger charge is -2.18. The second-order valence-electron chi connectivity index (χ2n) is 4.44. The lowest BCUT2D eigenvalue weighted by Crippen LogP contribution is -2.34. The van der Waals surface area contributed by atoms with E-state index in [1.807, 2.05) is 18.2 Å². The van der Waals surface area contributed by atoms with Gasteiger partial charge in [-0.3, -0.25) is 0 Å². The van der Waals surface area contributed by atoms with Crippen molar-refractivity contribution in [2.75, 3.05) is 13.1 Å². The van der Waals surface area contributed by atoms with Crippen LogP contribution in [0, 0.1) is 0 Å². The molecule has 1 atom stereocenters. The summed E-state index contributed by atoms with van der Waals surface area (Å²) >= 11 is 0. The molecular formula is C13H20N4. The molecule has 0 fully saturated rings. The normalized spacial score (nSPS) is 19.5. The first-order chi connectivity index (χ1) is 8.29. The van der Waals surface area contributed by atoms with Crippen LogP contribution in [-0.2, 0) is 6.54 Å². The summed E-state index contributed by atoms with van der Waals surface area (Å²) in [5.74, 6) is 0.663. The quantitative estimate of drug-likeness (QED) is 0.793. The van der Waals surface area contributed by atoms with Gasteiger partial charge in [0.1, 0.15) is 0 Å². The van der Waals surface area contributed by atoms with E-state index < -0.39 is 0 Å². The Morgan fingerprint density at radius 3 is 2.76 bits per heavy atom. The third-order valence-electron chi connectivity index (χ3n) is 3.03. The fourth-order valence-corrected chi connectivity index (χ4v) is 2.12. The van der Waals surface area contributed by atoms with Crippen molar-refractivity contribution >= 4 is 5.96 Å². The Morgan fingerprint density at radius 2 is 2.06 bits per heavy atom. The molecule has 0 saturated heterocycles. The van der Waals surface area contributed by atoms with E-state index in [0.717, 1.165) is 32.5 Å². The molecule has 0 amide bonds. The summed E-state index contributed by atoms with van der Waals surface area (Å²) in [7, 11) is 0. The van der Waals surface area contributed by atoms with Crippen molar-refractivity contribution in [2.24, 2.45) is 16.5 Å².